The van der Waals surface area contributed by atoms with Gasteiger partial charge in [-0.25, -0.2) is 4.79 Å². The van der Waals surface area contributed by atoms with Crippen molar-refractivity contribution in [1.82, 2.24) is 5.32 Å². The molecule has 0 aliphatic rings. The van der Waals surface area contributed by atoms with E-state index in [1.165, 1.54) is 38.5 Å². The summed E-state index contributed by atoms with van der Waals surface area (Å²) in [6, 6.07) is 0. The summed E-state index contributed by atoms with van der Waals surface area (Å²) in [5.41, 5.74) is 5.34. The quantitative estimate of drug-likeness (QED) is 0.647. The average molecular weight is 246 g/mol. The molecule has 4 heteroatoms. The third kappa shape index (κ3) is 21.1. The van der Waals surface area contributed by atoms with Crippen LogP contribution in [0.2, 0.25) is 0 Å². The largest absolute Gasteiger partial charge is 0.450 e. The Balaban J connectivity index is 0. The zero-order valence-electron chi connectivity index (χ0n) is 11.8. The summed E-state index contributed by atoms with van der Waals surface area (Å²) in [5.74, 6) is 0. The summed E-state index contributed by atoms with van der Waals surface area (Å²) in [6.07, 6.45) is 7.71. The molecule has 0 radical (unpaired) electrons. The van der Waals surface area contributed by atoms with E-state index in [4.69, 9.17) is 5.73 Å². The summed E-state index contributed by atoms with van der Waals surface area (Å²) in [5, 5.41) is 2.49. The fourth-order valence-electron chi connectivity index (χ4n) is 1.25. The number of unbranched alkanes of at least 4 members (excludes halogenated alkanes) is 5. The lowest BCUT2D eigenvalue weighted by Gasteiger charge is -1.99. The molecule has 0 bridgehead atoms. The van der Waals surface area contributed by atoms with Crippen LogP contribution in [0.4, 0.5) is 4.79 Å². The minimum atomic E-state index is -0.338. The zero-order chi connectivity index (χ0) is 13.4. The van der Waals surface area contributed by atoms with E-state index in [0.717, 1.165) is 6.54 Å². The average Bonchev–Trinajstić information content (AvgIpc) is 2.31. The molecule has 1 amide bonds. The highest BCUT2D eigenvalue weighted by Gasteiger charge is 1.92. The number of nitrogens with one attached hydrogen (secondary N) is 1. The lowest BCUT2D eigenvalue weighted by molar-refractivity contribution is 0.153. The predicted molar refractivity (Wildman–Crippen MR) is 73.1 cm³/mol. The van der Waals surface area contributed by atoms with Crippen LogP contribution in [-0.4, -0.2) is 25.8 Å². The van der Waals surface area contributed by atoms with E-state index in [1.807, 2.05) is 6.92 Å². The highest BCUT2D eigenvalue weighted by molar-refractivity contribution is 5.66. The molecule has 4 nitrogen and oxygen atoms in total. The highest BCUT2D eigenvalue weighted by atomic mass is 16.5. The van der Waals surface area contributed by atoms with Crippen LogP contribution in [0.25, 0.3) is 0 Å². The number of carbonyl (C=O) groups excluding carboxylic acids is 1. The number of ether oxygens (including phenoxy) is 1. The van der Waals surface area contributed by atoms with E-state index in [0.29, 0.717) is 13.2 Å². The van der Waals surface area contributed by atoms with Crippen molar-refractivity contribution in [2.75, 3.05) is 19.7 Å². The van der Waals surface area contributed by atoms with Gasteiger partial charge in [-0.05, 0) is 26.8 Å². The SMILES string of the molecule is CCCCCCCCN.CCNC(=O)OCC. The molecule has 104 valence electrons. The number of nitrogens with two attached hydrogens (primary N) is 1. The van der Waals surface area contributed by atoms with Crippen molar-refractivity contribution in [3.8, 4) is 0 Å². The summed E-state index contributed by atoms with van der Waals surface area (Å²) < 4.78 is 4.53. The molecular weight excluding hydrogens is 216 g/mol. The smallest absolute Gasteiger partial charge is 0.407 e. The van der Waals surface area contributed by atoms with Gasteiger partial charge in [-0.1, -0.05) is 39.0 Å². The lowest BCUT2D eigenvalue weighted by Crippen LogP contribution is -2.23. The van der Waals surface area contributed by atoms with Crippen LogP contribution in [0.3, 0.4) is 0 Å². The van der Waals surface area contributed by atoms with Gasteiger partial charge in [-0.3, -0.25) is 0 Å². The van der Waals surface area contributed by atoms with Crippen LogP contribution in [0.5, 0.6) is 0 Å². The molecule has 0 heterocycles. The van der Waals surface area contributed by atoms with Crippen molar-refractivity contribution in [2.24, 2.45) is 5.73 Å². The van der Waals surface area contributed by atoms with Gasteiger partial charge >= 0.3 is 6.09 Å². The van der Waals surface area contributed by atoms with Gasteiger partial charge < -0.3 is 15.8 Å². The molecule has 0 fully saturated rings. The van der Waals surface area contributed by atoms with E-state index in [9.17, 15) is 4.79 Å². The first kappa shape index (κ1) is 18.6. The number of amides is 1. The molecule has 0 atom stereocenters. The van der Waals surface area contributed by atoms with Gasteiger partial charge in [0.05, 0.1) is 6.61 Å². The van der Waals surface area contributed by atoms with Gasteiger partial charge in [0.15, 0.2) is 0 Å². The minimum absolute atomic E-state index is 0.338. The van der Waals surface area contributed by atoms with Crippen LogP contribution in [0.15, 0.2) is 0 Å². The van der Waals surface area contributed by atoms with Gasteiger partial charge in [-0.15, -0.1) is 0 Å². The Hall–Kier alpha value is -0.770. The standard InChI is InChI=1S/C8H19N.C5H11NO2/c1-2-3-4-5-6-7-8-9;1-3-6-5(7)8-4-2/h2-9H2,1H3;3-4H2,1-2H3,(H,6,7). The van der Waals surface area contributed by atoms with Crippen molar-refractivity contribution in [1.29, 1.82) is 0 Å². The molecule has 0 rings (SSSR count). The Morgan fingerprint density at radius 3 is 2.12 bits per heavy atom. The van der Waals surface area contributed by atoms with E-state index >= 15 is 0 Å². The van der Waals surface area contributed by atoms with Gasteiger partial charge in [0.1, 0.15) is 0 Å². The number of rotatable bonds is 8. The third-order valence-electron chi connectivity index (χ3n) is 2.15. The van der Waals surface area contributed by atoms with Crippen molar-refractivity contribution in [3.05, 3.63) is 0 Å². The van der Waals surface area contributed by atoms with E-state index in [2.05, 4.69) is 17.0 Å². The van der Waals surface area contributed by atoms with E-state index in [1.54, 1.807) is 6.92 Å². The topological polar surface area (TPSA) is 64.3 Å². The van der Waals surface area contributed by atoms with Crippen LogP contribution in [0, 0.1) is 0 Å². The minimum Gasteiger partial charge on any atom is -0.450 e. The fourth-order valence-corrected chi connectivity index (χ4v) is 1.25. The second-order valence-corrected chi connectivity index (χ2v) is 3.81. The third-order valence-corrected chi connectivity index (χ3v) is 2.15. The summed E-state index contributed by atoms with van der Waals surface area (Å²) in [4.78, 5) is 10.3. The summed E-state index contributed by atoms with van der Waals surface area (Å²) in [6.45, 7) is 7.78. The second kappa shape index (κ2) is 17.6. The maximum atomic E-state index is 10.3. The van der Waals surface area contributed by atoms with Gasteiger partial charge in [0.25, 0.3) is 0 Å². The number of hydrogen-bond donors (Lipinski definition) is 2. The molecule has 17 heavy (non-hydrogen) atoms. The molecule has 0 aliphatic carbocycles. The number of carbonyl (C=O) groups is 1. The number of alkyl carbamates (subject to hydrolysis) is 1. The Morgan fingerprint density at radius 2 is 1.65 bits per heavy atom. The molecule has 0 aliphatic heterocycles. The fraction of sp³-hybridized carbons (Fsp3) is 0.923. The molecule has 0 saturated heterocycles. The molecular formula is C13H30N2O2. The summed E-state index contributed by atoms with van der Waals surface area (Å²) >= 11 is 0. The monoisotopic (exact) mass is 246 g/mol. The Morgan fingerprint density at radius 1 is 1.06 bits per heavy atom. The second-order valence-electron chi connectivity index (χ2n) is 3.81. The first-order chi connectivity index (χ1) is 8.22. The van der Waals surface area contributed by atoms with E-state index < -0.39 is 0 Å². The maximum absolute atomic E-state index is 10.3. The summed E-state index contributed by atoms with van der Waals surface area (Å²) in [7, 11) is 0. The zero-order valence-corrected chi connectivity index (χ0v) is 11.8. The van der Waals surface area contributed by atoms with Gasteiger partial charge in [0.2, 0.25) is 0 Å². The molecule has 0 spiro atoms. The first-order valence-corrected chi connectivity index (χ1v) is 6.83. The lowest BCUT2D eigenvalue weighted by atomic mass is 10.1. The maximum Gasteiger partial charge on any atom is 0.407 e. The molecule has 3 N–H and O–H groups in total. The predicted octanol–water partition coefficient (Wildman–Crippen LogP) is 3.06. The van der Waals surface area contributed by atoms with Crippen LogP contribution in [-0.2, 0) is 4.74 Å². The molecule has 0 aromatic rings. The normalized spacial score (nSPS) is 9.18. The van der Waals surface area contributed by atoms with Crippen molar-refractivity contribution in [2.45, 2.75) is 59.3 Å². The highest BCUT2D eigenvalue weighted by Crippen LogP contribution is 2.03. The Labute approximate surface area is 106 Å². The molecule has 0 aromatic heterocycles. The van der Waals surface area contributed by atoms with Crippen molar-refractivity contribution in [3.63, 3.8) is 0 Å². The number of hydrogen-bond acceptors (Lipinski definition) is 3. The van der Waals surface area contributed by atoms with Crippen LogP contribution >= 0.6 is 0 Å². The molecule has 0 aromatic carbocycles. The first-order valence-electron chi connectivity index (χ1n) is 6.83. The van der Waals surface area contributed by atoms with Crippen molar-refractivity contribution < 1.29 is 9.53 Å². The van der Waals surface area contributed by atoms with Gasteiger partial charge in [-0.2, -0.15) is 0 Å². The van der Waals surface area contributed by atoms with Crippen molar-refractivity contribution >= 4 is 6.09 Å². The Bertz CT molecular complexity index is 138. The van der Waals surface area contributed by atoms with Crippen LogP contribution < -0.4 is 11.1 Å². The van der Waals surface area contributed by atoms with Crippen LogP contribution in [0.1, 0.15) is 59.3 Å². The van der Waals surface area contributed by atoms with Gasteiger partial charge in [0, 0.05) is 6.54 Å². The molecule has 0 unspecified atom stereocenters. The molecule has 0 saturated carbocycles. The van der Waals surface area contributed by atoms with E-state index in [-0.39, 0.29) is 6.09 Å². The Kier molecular flexibility index (Phi) is 19.3.